The van der Waals surface area contributed by atoms with E-state index in [2.05, 4.69) is 5.32 Å². The monoisotopic (exact) mass is 366 g/mol. The molecule has 1 heterocycles. The first-order chi connectivity index (χ1) is 11.3. The van der Waals surface area contributed by atoms with Gasteiger partial charge in [0.1, 0.15) is 6.04 Å². The third-order valence-corrected chi connectivity index (χ3v) is 4.09. The lowest BCUT2D eigenvalue weighted by Gasteiger charge is -2.28. The Morgan fingerprint density at radius 2 is 1.64 bits per heavy atom. The summed E-state index contributed by atoms with van der Waals surface area (Å²) in [5, 5.41) is 2.85. The number of fused-ring (bicyclic) bond motifs is 1. The van der Waals surface area contributed by atoms with Crippen LogP contribution in [0.1, 0.15) is 41.0 Å². The van der Waals surface area contributed by atoms with Crippen LogP contribution in [-0.2, 0) is 4.79 Å². The van der Waals surface area contributed by atoms with Gasteiger partial charge in [0.25, 0.3) is 11.8 Å². The molecule has 138 valence electrons. The zero-order valence-electron chi connectivity index (χ0n) is 15.1. The molecule has 1 unspecified atom stereocenters. The summed E-state index contributed by atoms with van der Waals surface area (Å²) in [5.74, 6) is -1.23. The first-order valence-corrected chi connectivity index (χ1v) is 8.24. The van der Waals surface area contributed by atoms with E-state index in [1.807, 2.05) is 32.8 Å². The minimum Gasteiger partial charge on any atom is -1.00 e. The molecule has 0 radical (unpaired) electrons. The van der Waals surface area contributed by atoms with E-state index in [1.165, 1.54) is 0 Å². The van der Waals surface area contributed by atoms with E-state index >= 15 is 0 Å². The van der Waals surface area contributed by atoms with Crippen molar-refractivity contribution in [3.8, 4) is 0 Å². The van der Waals surface area contributed by atoms with Gasteiger partial charge in [0.05, 0.1) is 11.1 Å². The number of imide groups is 1. The van der Waals surface area contributed by atoms with Crippen LogP contribution in [-0.4, -0.2) is 60.7 Å². The lowest BCUT2D eigenvalue weighted by atomic mass is 10.0. The number of nitrogens with zero attached hydrogens (tertiary/aromatic N) is 2. The lowest BCUT2D eigenvalue weighted by molar-refractivity contribution is -0.126. The molecule has 6 nitrogen and oxygen atoms in total. The van der Waals surface area contributed by atoms with Gasteiger partial charge in [-0.25, -0.2) is 0 Å². The number of carbonyl (C=O) groups excluding carboxylic acids is 3. The third-order valence-electron chi connectivity index (χ3n) is 4.09. The molecule has 0 fully saturated rings. The first-order valence-electron chi connectivity index (χ1n) is 8.24. The number of benzene rings is 1. The Hall–Kier alpha value is -1.92. The molecule has 0 aromatic heterocycles. The second-order valence-corrected chi connectivity index (χ2v) is 6.66. The molecule has 1 aliphatic rings. The molecule has 3 amide bonds. The van der Waals surface area contributed by atoms with Crippen molar-refractivity contribution in [2.45, 2.75) is 26.3 Å². The van der Waals surface area contributed by atoms with E-state index in [-0.39, 0.29) is 24.2 Å². The predicted molar refractivity (Wildman–Crippen MR) is 91.7 cm³/mol. The molecule has 1 aromatic rings. The minimum atomic E-state index is -0.795. The van der Waals surface area contributed by atoms with Crippen molar-refractivity contribution in [2.75, 3.05) is 27.2 Å². The highest BCUT2D eigenvalue weighted by molar-refractivity contribution is 6.22. The second-order valence-electron chi connectivity index (χ2n) is 6.66. The van der Waals surface area contributed by atoms with Gasteiger partial charge in [-0.3, -0.25) is 19.3 Å². The smallest absolute Gasteiger partial charge is 0.262 e. The van der Waals surface area contributed by atoms with Crippen molar-refractivity contribution < 1.29 is 26.8 Å². The van der Waals surface area contributed by atoms with Crippen LogP contribution in [0.5, 0.6) is 0 Å². The van der Waals surface area contributed by atoms with Gasteiger partial charge < -0.3 is 22.6 Å². The van der Waals surface area contributed by atoms with E-state index in [0.717, 1.165) is 17.9 Å². The Morgan fingerprint density at radius 3 is 2.08 bits per heavy atom. The predicted octanol–water partition coefficient (Wildman–Crippen LogP) is -1.62. The Kier molecular flexibility index (Phi) is 7.58. The van der Waals surface area contributed by atoms with Crippen LogP contribution in [0.2, 0.25) is 0 Å². The van der Waals surface area contributed by atoms with Gasteiger partial charge in [0.2, 0.25) is 5.91 Å². The van der Waals surface area contributed by atoms with Crippen LogP contribution in [0.25, 0.3) is 0 Å². The molecule has 1 aromatic carbocycles. The van der Waals surface area contributed by atoms with Gasteiger partial charge in [0, 0.05) is 6.54 Å². The van der Waals surface area contributed by atoms with E-state index in [9.17, 15) is 14.4 Å². The summed E-state index contributed by atoms with van der Waals surface area (Å²) in [7, 11) is 3.94. The molecule has 1 aliphatic heterocycles. The zero-order chi connectivity index (χ0) is 17.9. The topological polar surface area (TPSA) is 69.7 Å². The maximum Gasteiger partial charge on any atom is 0.262 e. The lowest BCUT2D eigenvalue weighted by Crippen LogP contribution is -3.00. The standard InChI is InChI=1S/C18H25N3O3.ClH/c1-12(2)15(16(22)19-10-7-11-20(3)4)21-17(23)13-8-5-6-9-14(13)18(21)24;/h5-6,8-9,12,15H,7,10-11H2,1-4H3,(H,19,22);1H/p-1. The quantitative estimate of drug-likeness (QED) is 0.465. The Labute approximate surface area is 155 Å². The van der Waals surface area contributed by atoms with Crippen LogP contribution in [0.4, 0.5) is 0 Å². The number of carbonyl (C=O) groups is 3. The van der Waals surface area contributed by atoms with E-state index in [4.69, 9.17) is 0 Å². The fourth-order valence-corrected chi connectivity index (χ4v) is 2.89. The number of halogens is 1. The molecule has 1 atom stereocenters. The van der Waals surface area contributed by atoms with Gasteiger partial charge in [-0.05, 0) is 45.1 Å². The van der Waals surface area contributed by atoms with Gasteiger partial charge in [-0.1, -0.05) is 26.0 Å². The third kappa shape index (κ3) is 4.58. The average Bonchev–Trinajstić information content (AvgIpc) is 2.77. The Balaban J connectivity index is 0.00000312. The van der Waals surface area contributed by atoms with Crippen LogP contribution in [0, 0.1) is 5.92 Å². The molecular weight excluding hydrogens is 342 g/mol. The van der Waals surface area contributed by atoms with E-state index in [0.29, 0.717) is 17.7 Å². The van der Waals surface area contributed by atoms with E-state index < -0.39 is 17.9 Å². The summed E-state index contributed by atoms with van der Waals surface area (Å²) < 4.78 is 0. The number of nitrogens with one attached hydrogen (secondary N) is 1. The normalized spacial score (nSPS) is 14.6. The van der Waals surface area contributed by atoms with Crippen molar-refractivity contribution in [2.24, 2.45) is 5.92 Å². The first kappa shape index (κ1) is 21.1. The van der Waals surface area contributed by atoms with E-state index in [1.54, 1.807) is 24.3 Å². The zero-order valence-corrected chi connectivity index (χ0v) is 15.8. The average molecular weight is 367 g/mol. The van der Waals surface area contributed by atoms with Crippen LogP contribution >= 0.6 is 0 Å². The van der Waals surface area contributed by atoms with Crippen LogP contribution < -0.4 is 17.7 Å². The highest BCUT2D eigenvalue weighted by Crippen LogP contribution is 2.27. The fourth-order valence-electron chi connectivity index (χ4n) is 2.89. The summed E-state index contributed by atoms with van der Waals surface area (Å²) in [6.45, 7) is 5.06. The highest BCUT2D eigenvalue weighted by atomic mass is 35.5. The molecule has 0 bridgehead atoms. The largest absolute Gasteiger partial charge is 1.00 e. The Bertz CT molecular complexity index is 611. The summed E-state index contributed by atoms with van der Waals surface area (Å²) >= 11 is 0. The Morgan fingerprint density at radius 1 is 1.12 bits per heavy atom. The van der Waals surface area contributed by atoms with Gasteiger partial charge in [0.15, 0.2) is 0 Å². The van der Waals surface area contributed by atoms with Crippen LogP contribution in [0.15, 0.2) is 24.3 Å². The summed E-state index contributed by atoms with van der Waals surface area (Å²) in [5.41, 5.74) is 0.738. The molecular formula is C18H25ClN3O3-. The summed E-state index contributed by atoms with van der Waals surface area (Å²) in [6.07, 6.45) is 0.811. The maximum atomic E-state index is 12.6. The van der Waals surface area contributed by atoms with Crippen molar-refractivity contribution in [1.29, 1.82) is 0 Å². The molecule has 0 aliphatic carbocycles. The maximum absolute atomic E-state index is 12.6. The van der Waals surface area contributed by atoms with Crippen molar-refractivity contribution in [3.05, 3.63) is 35.4 Å². The molecule has 0 spiro atoms. The summed E-state index contributed by atoms with van der Waals surface area (Å²) in [4.78, 5) is 40.9. The van der Waals surface area contributed by atoms with Crippen molar-refractivity contribution >= 4 is 17.7 Å². The molecule has 2 rings (SSSR count). The number of hydrogen-bond donors (Lipinski definition) is 1. The van der Waals surface area contributed by atoms with Crippen molar-refractivity contribution in [1.82, 2.24) is 15.1 Å². The molecule has 0 saturated heterocycles. The number of amides is 3. The van der Waals surface area contributed by atoms with Gasteiger partial charge in [-0.2, -0.15) is 0 Å². The fraction of sp³-hybridized carbons (Fsp3) is 0.500. The van der Waals surface area contributed by atoms with Gasteiger partial charge in [-0.15, -0.1) is 0 Å². The SMILES string of the molecule is CC(C)C(C(=O)NCCCN(C)C)N1C(=O)c2ccccc2C1=O.[Cl-]. The molecule has 7 heteroatoms. The second kappa shape index (κ2) is 8.97. The van der Waals surface area contributed by atoms with Crippen molar-refractivity contribution in [3.63, 3.8) is 0 Å². The molecule has 0 saturated carbocycles. The summed E-state index contributed by atoms with van der Waals surface area (Å²) in [6, 6.07) is 5.90. The minimum absolute atomic E-state index is 0. The van der Waals surface area contributed by atoms with Crippen LogP contribution in [0.3, 0.4) is 0 Å². The van der Waals surface area contributed by atoms with Gasteiger partial charge >= 0.3 is 0 Å². The molecule has 1 N–H and O–H groups in total. The molecule has 25 heavy (non-hydrogen) atoms. The highest BCUT2D eigenvalue weighted by Gasteiger charge is 2.43. The number of hydrogen-bond acceptors (Lipinski definition) is 4. The number of rotatable bonds is 7.